The Hall–Kier alpha value is -3.27. The maximum absolute atomic E-state index is 13.7. The Morgan fingerprint density at radius 3 is 2.70 bits per heavy atom. The van der Waals surface area contributed by atoms with Crippen LogP contribution in [0.4, 0.5) is 17.6 Å². The molecule has 0 saturated carbocycles. The molecule has 0 radical (unpaired) electrons. The monoisotopic (exact) mass is 420 g/mol. The largest absolute Gasteiger partial charge is 0.416 e. The van der Waals surface area contributed by atoms with Gasteiger partial charge in [-0.05, 0) is 48.4 Å². The number of nitrogens with zero attached hydrogens (tertiary/aromatic N) is 3. The average Bonchev–Trinajstić information content (AvgIpc) is 3.04. The number of nitrogens with one attached hydrogen (secondary N) is 1. The Kier molecular flexibility index (Phi) is 4.81. The van der Waals surface area contributed by atoms with E-state index >= 15 is 0 Å². The van der Waals surface area contributed by atoms with E-state index in [4.69, 9.17) is 0 Å². The summed E-state index contributed by atoms with van der Waals surface area (Å²) in [5.41, 5.74) is 0.399. The smallest absolute Gasteiger partial charge is 0.384 e. The molecule has 30 heavy (non-hydrogen) atoms. The average molecular weight is 420 g/mol. The van der Waals surface area contributed by atoms with Crippen molar-refractivity contribution in [3.63, 3.8) is 0 Å². The van der Waals surface area contributed by atoms with Gasteiger partial charge < -0.3 is 10.4 Å². The quantitative estimate of drug-likeness (QED) is 0.639. The third-order valence-corrected chi connectivity index (χ3v) is 4.90. The van der Waals surface area contributed by atoms with Gasteiger partial charge in [-0.25, -0.2) is 14.1 Å². The van der Waals surface area contributed by atoms with Crippen LogP contribution in [0.5, 0.6) is 0 Å². The molecule has 3 heterocycles. The number of carbonyl (C=O) groups excluding carboxylic acids is 1. The molecule has 10 heteroatoms. The minimum absolute atomic E-state index is 0.209. The van der Waals surface area contributed by atoms with Crippen molar-refractivity contribution in [3.8, 4) is 5.82 Å². The van der Waals surface area contributed by atoms with Crippen molar-refractivity contribution in [3.05, 3.63) is 76.0 Å². The summed E-state index contributed by atoms with van der Waals surface area (Å²) in [4.78, 5) is 16.3. The summed E-state index contributed by atoms with van der Waals surface area (Å²) in [6.07, 6.45) is -4.37. The van der Waals surface area contributed by atoms with Gasteiger partial charge >= 0.3 is 6.18 Å². The number of aliphatic hydroxyl groups excluding tert-OH is 1. The first-order chi connectivity index (χ1) is 14.1. The number of benzene rings is 1. The fourth-order valence-corrected chi connectivity index (χ4v) is 3.52. The molecular formula is C20H16F4N4O2. The second-order valence-corrected chi connectivity index (χ2v) is 6.95. The number of hydrogen-bond donors (Lipinski definition) is 2. The van der Waals surface area contributed by atoms with E-state index in [-0.39, 0.29) is 22.9 Å². The van der Waals surface area contributed by atoms with Crippen LogP contribution in [-0.2, 0) is 12.6 Å². The van der Waals surface area contributed by atoms with E-state index in [0.29, 0.717) is 42.0 Å². The van der Waals surface area contributed by atoms with Gasteiger partial charge in [0.15, 0.2) is 5.82 Å². The number of aliphatic hydroxyl groups is 1. The second kappa shape index (κ2) is 7.21. The summed E-state index contributed by atoms with van der Waals surface area (Å²) in [5, 5.41) is 17.7. The number of carbonyl (C=O) groups is 1. The molecule has 1 amide bonds. The van der Waals surface area contributed by atoms with Crippen LogP contribution in [0.2, 0.25) is 0 Å². The van der Waals surface area contributed by atoms with Crippen LogP contribution in [-0.4, -0.2) is 32.3 Å². The number of alkyl halides is 3. The van der Waals surface area contributed by atoms with E-state index in [1.165, 1.54) is 23.0 Å². The van der Waals surface area contributed by atoms with Crippen LogP contribution in [0.25, 0.3) is 5.82 Å². The maximum Gasteiger partial charge on any atom is 0.416 e. The van der Waals surface area contributed by atoms with Crippen molar-refractivity contribution in [2.24, 2.45) is 0 Å². The number of pyridine rings is 1. The summed E-state index contributed by atoms with van der Waals surface area (Å²) in [7, 11) is 0. The van der Waals surface area contributed by atoms with E-state index in [1.54, 1.807) is 6.92 Å². The predicted molar refractivity (Wildman–Crippen MR) is 97.6 cm³/mol. The molecule has 0 spiro atoms. The first-order valence-electron chi connectivity index (χ1n) is 9.04. The normalized spacial score (nSPS) is 14.9. The van der Waals surface area contributed by atoms with Crippen LogP contribution in [0.1, 0.15) is 44.5 Å². The fraction of sp³-hybridized carbons (Fsp3) is 0.250. The lowest BCUT2D eigenvalue weighted by Crippen LogP contribution is -2.32. The first-order valence-corrected chi connectivity index (χ1v) is 9.04. The highest BCUT2D eigenvalue weighted by atomic mass is 19.4. The van der Waals surface area contributed by atoms with Gasteiger partial charge in [0, 0.05) is 19.2 Å². The minimum Gasteiger partial charge on any atom is -0.384 e. The molecule has 156 valence electrons. The molecule has 0 fully saturated rings. The number of rotatable bonds is 3. The number of hydrogen-bond acceptors (Lipinski definition) is 4. The topological polar surface area (TPSA) is 80.0 Å². The minimum atomic E-state index is -4.74. The van der Waals surface area contributed by atoms with E-state index < -0.39 is 23.7 Å². The van der Waals surface area contributed by atoms with Gasteiger partial charge in [0.25, 0.3) is 5.91 Å². The van der Waals surface area contributed by atoms with Crippen molar-refractivity contribution in [2.75, 3.05) is 6.54 Å². The van der Waals surface area contributed by atoms with E-state index in [2.05, 4.69) is 15.4 Å². The summed E-state index contributed by atoms with van der Waals surface area (Å²) in [6.45, 7) is 2.12. The zero-order valence-corrected chi connectivity index (χ0v) is 15.7. The van der Waals surface area contributed by atoms with Gasteiger partial charge in [-0.15, -0.1) is 0 Å². The zero-order chi connectivity index (χ0) is 21.6. The van der Waals surface area contributed by atoms with E-state index in [0.717, 1.165) is 6.07 Å². The lowest BCUT2D eigenvalue weighted by atomic mass is 10.00. The highest BCUT2D eigenvalue weighted by molar-refractivity contribution is 5.97. The molecule has 4 rings (SSSR count). The molecule has 1 atom stereocenters. The molecule has 1 aliphatic heterocycles. The summed E-state index contributed by atoms with van der Waals surface area (Å²) >= 11 is 0. The van der Waals surface area contributed by atoms with Crippen LogP contribution in [0.3, 0.4) is 0 Å². The molecule has 0 bridgehead atoms. The number of amides is 1. The van der Waals surface area contributed by atoms with Crippen LogP contribution in [0.15, 0.2) is 36.5 Å². The van der Waals surface area contributed by atoms with Crippen LogP contribution >= 0.6 is 0 Å². The molecule has 1 aromatic carbocycles. The van der Waals surface area contributed by atoms with Crippen molar-refractivity contribution in [1.29, 1.82) is 0 Å². The molecule has 1 aliphatic rings. The Bertz CT molecular complexity index is 1140. The molecule has 1 unspecified atom stereocenters. The van der Waals surface area contributed by atoms with Gasteiger partial charge in [-0.3, -0.25) is 4.79 Å². The van der Waals surface area contributed by atoms with Gasteiger partial charge in [0.05, 0.1) is 22.5 Å². The molecule has 2 aromatic heterocycles. The second-order valence-electron chi connectivity index (χ2n) is 6.95. The summed E-state index contributed by atoms with van der Waals surface area (Å²) in [6, 6.07) is 4.80. The lowest BCUT2D eigenvalue weighted by Gasteiger charge is -2.17. The SMILES string of the molecule is Cc1nn(-c2cc(C(O)c3cc(F)cc(C(F)(F)F)c3)ccn2)c2c1C(=O)NCC2. The third-order valence-electron chi connectivity index (χ3n) is 4.90. The van der Waals surface area contributed by atoms with Crippen molar-refractivity contribution >= 4 is 5.91 Å². The number of aromatic nitrogens is 3. The van der Waals surface area contributed by atoms with Gasteiger partial charge in [0.2, 0.25) is 0 Å². The first kappa shape index (κ1) is 20.0. The molecular weight excluding hydrogens is 404 g/mol. The van der Waals surface area contributed by atoms with Crippen molar-refractivity contribution in [2.45, 2.75) is 25.6 Å². The third kappa shape index (κ3) is 3.54. The zero-order valence-electron chi connectivity index (χ0n) is 15.7. The number of aryl methyl sites for hydroxylation is 1. The number of halogens is 4. The molecule has 3 aromatic rings. The van der Waals surface area contributed by atoms with Gasteiger partial charge in [-0.2, -0.15) is 18.3 Å². The fourth-order valence-electron chi connectivity index (χ4n) is 3.52. The van der Waals surface area contributed by atoms with E-state index in [9.17, 15) is 27.5 Å². The predicted octanol–water partition coefficient (Wildman–Crippen LogP) is 3.10. The Labute approximate surface area is 168 Å². The van der Waals surface area contributed by atoms with Crippen molar-refractivity contribution in [1.82, 2.24) is 20.1 Å². The standard InChI is InChI=1S/C20H16F4N4O2/c1-10-17-15(3-5-26-19(17)30)28(27-10)16-8-11(2-4-25-16)18(29)12-6-13(20(22,23)24)9-14(21)7-12/h2,4,6-9,18,29H,3,5H2,1H3,(H,26,30). The molecule has 0 aliphatic carbocycles. The highest BCUT2D eigenvalue weighted by Crippen LogP contribution is 2.33. The highest BCUT2D eigenvalue weighted by Gasteiger charge is 2.32. The van der Waals surface area contributed by atoms with E-state index in [1.807, 2.05) is 0 Å². The Morgan fingerprint density at radius 2 is 1.97 bits per heavy atom. The van der Waals surface area contributed by atoms with Gasteiger partial charge in [-0.1, -0.05) is 0 Å². The Balaban J connectivity index is 1.74. The van der Waals surface area contributed by atoms with Gasteiger partial charge in [0.1, 0.15) is 11.9 Å². The Morgan fingerprint density at radius 1 is 1.20 bits per heavy atom. The van der Waals surface area contributed by atoms with Crippen LogP contribution < -0.4 is 5.32 Å². The molecule has 0 saturated heterocycles. The number of fused-ring (bicyclic) bond motifs is 1. The van der Waals surface area contributed by atoms with Crippen molar-refractivity contribution < 1.29 is 27.5 Å². The molecule has 2 N–H and O–H groups in total. The lowest BCUT2D eigenvalue weighted by molar-refractivity contribution is -0.137. The summed E-state index contributed by atoms with van der Waals surface area (Å²) in [5.74, 6) is -1.05. The maximum atomic E-state index is 13.7. The molecule has 6 nitrogen and oxygen atoms in total. The summed E-state index contributed by atoms with van der Waals surface area (Å²) < 4.78 is 54.2. The van der Waals surface area contributed by atoms with Crippen LogP contribution in [0, 0.1) is 12.7 Å².